The molecule has 0 fully saturated rings. The van der Waals surface area contributed by atoms with E-state index in [-0.39, 0.29) is 4.31 Å². The van der Waals surface area contributed by atoms with E-state index in [1.54, 1.807) is 0 Å². The van der Waals surface area contributed by atoms with Crippen LogP contribution in [0.25, 0.3) is 0 Å². The van der Waals surface area contributed by atoms with Gasteiger partial charge in [0.1, 0.15) is 17.3 Å². The molecule has 0 aliphatic rings. The zero-order chi connectivity index (χ0) is 15.7. The molecule has 0 bridgehead atoms. The summed E-state index contributed by atoms with van der Waals surface area (Å²) < 4.78 is 87.1. The van der Waals surface area contributed by atoms with Crippen LogP contribution in [-0.4, -0.2) is 32.5 Å². The van der Waals surface area contributed by atoms with Crippen molar-refractivity contribution in [2.45, 2.75) is 17.6 Å². The van der Waals surface area contributed by atoms with E-state index in [1.807, 2.05) is 0 Å². The lowest BCUT2D eigenvalue weighted by Gasteiger charge is -2.19. The van der Waals surface area contributed by atoms with E-state index in [0.717, 1.165) is 0 Å². The predicted molar refractivity (Wildman–Crippen MR) is 60.1 cm³/mol. The number of hydrogen-bond donors (Lipinski definition) is 1. The molecular formula is C10H11F5N2O2S. The summed E-state index contributed by atoms with van der Waals surface area (Å²) in [5.74, 6) is -2.55. The molecule has 20 heavy (non-hydrogen) atoms. The maximum absolute atomic E-state index is 13.8. The zero-order valence-electron chi connectivity index (χ0n) is 10.2. The molecule has 0 aliphatic heterocycles. The van der Waals surface area contributed by atoms with E-state index in [9.17, 15) is 30.4 Å². The summed E-state index contributed by atoms with van der Waals surface area (Å²) in [4.78, 5) is -1.05. The molecule has 0 atom stereocenters. The molecule has 4 nitrogen and oxygen atoms in total. The van der Waals surface area contributed by atoms with Gasteiger partial charge in [-0.05, 0) is 12.1 Å². The molecule has 0 spiro atoms. The minimum absolute atomic E-state index is 0.0659. The number of nitrogens with two attached hydrogens (primary N) is 1. The molecule has 1 rings (SSSR count). The fourth-order valence-electron chi connectivity index (χ4n) is 1.47. The smallest absolute Gasteiger partial charge is 0.326 e. The van der Waals surface area contributed by atoms with Crippen LogP contribution in [0, 0.1) is 11.6 Å². The molecule has 2 N–H and O–H groups in total. The Balaban J connectivity index is 3.30. The Kier molecular flexibility index (Phi) is 4.72. The topological polar surface area (TPSA) is 63.4 Å². The van der Waals surface area contributed by atoms with Crippen LogP contribution in [0.4, 0.5) is 22.0 Å². The van der Waals surface area contributed by atoms with Gasteiger partial charge < -0.3 is 5.73 Å². The fourth-order valence-corrected chi connectivity index (χ4v) is 2.71. The van der Waals surface area contributed by atoms with Crippen molar-refractivity contribution < 1.29 is 30.4 Å². The highest BCUT2D eigenvalue weighted by molar-refractivity contribution is 7.89. The Morgan fingerprint density at radius 3 is 2.25 bits per heavy atom. The van der Waals surface area contributed by atoms with Gasteiger partial charge >= 0.3 is 6.18 Å². The standard InChI is InChI=1S/C10H11F5N2O2S/c1-17(5-10(13,14)15)20(18,19)8-3-2-7(11)6(4-16)9(8)12/h2-3H,4-5,16H2,1H3. The van der Waals surface area contributed by atoms with Crippen LogP contribution >= 0.6 is 0 Å². The van der Waals surface area contributed by atoms with Gasteiger partial charge in [-0.2, -0.15) is 17.5 Å². The second-order valence-corrected chi connectivity index (χ2v) is 5.93. The quantitative estimate of drug-likeness (QED) is 0.858. The minimum Gasteiger partial charge on any atom is -0.326 e. The Hall–Kier alpha value is -1.26. The SMILES string of the molecule is CN(CC(F)(F)F)S(=O)(=O)c1ccc(F)c(CN)c1F. The Bertz CT molecular complexity index is 600. The van der Waals surface area contributed by atoms with Crippen LogP contribution in [0.15, 0.2) is 17.0 Å². The van der Waals surface area contributed by atoms with E-state index in [0.29, 0.717) is 19.2 Å². The van der Waals surface area contributed by atoms with E-state index >= 15 is 0 Å². The van der Waals surface area contributed by atoms with Gasteiger partial charge in [-0.25, -0.2) is 17.2 Å². The molecule has 1 aromatic carbocycles. The lowest BCUT2D eigenvalue weighted by atomic mass is 10.2. The van der Waals surface area contributed by atoms with Crippen molar-refractivity contribution in [2.24, 2.45) is 5.73 Å². The van der Waals surface area contributed by atoms with E-state index in [2.05, 4.69) is 0 Å². The van der Waals surface area contributed by atoms with E-state index in [1.165, 1.54) is 0 Å². The van der Waals surface area contributed by atoms with Crippen LogP contribution in [0.3, 0.4) is 0 Å². The first-order valence-electron chi connectivity index (χ1n) is 5.20. The van der Waals surface area contributed by atoms with Crippen molar-refractivity contribution in [3.05, 3.63) is 29.3 Å². The fraction of sp³-hybridized carbons (Fsp3) is 0.400. The summed E-state index contributed by atoms with van der Waals surface area (Å²) in [6.45, 7) is -2.41. The third-order valence-electron chi connectivity index (χ3n) is 2.44. The summed E-state index contributed by atoms with van der Waals surface area (Å²) in [5.41, 5.74) is 4.37. The monoisotopic (exact) mass is 318 g/mol. The molecule has 0 unspecified atom stereocenters. The molecule has 0 heterocycles. The molecule has 114 valence electrons. The predicted octanol–water partition coefficient (Wildman–Crippen LogP) is 1.61. The van der Waals surface area contributed by atoms with Gasteiger partial charge in [0.25, 0.3) is 0 Å². The Morgan fingerprint density at radius 2 is 1.80 bits per heavy atom. The number of rotatable bonds is 4. The van der Waals surface area contributed by atoms with Crippen LogP contribution in [-0.2, 0) is 16.6 Å². The molecule has 0 saturated carbocycles. The first-order chi connectivity index (χ1) is 9.00. The number of halogens is 5. The first kappa shape index (κ1) is 16.8. The Morgan fingerprint density at radius 1 is 1.25 bits per heavy atom. The number of alkyl halides is 3. The summed E-state index contributed by atoms with van der Waals surface area (Å²) >= 11 is 0. The largest absolute Gasteiger partial charge is 0.402 e. The van der Waals surface area contributed by atoms with Gasteiger partial charge in [0.15, 0.2) is 5.82 Å². The maximum Gasteiger partial charge on any atom is 0.402 e. The van der Waals surface area contributed by atoms with E-state index in [4.69, 9.17) is 5.73 Å². The molecule has 0 radical (unpaired) electrons. The summed E-state index contributed by atoms with van der Waals surface area (Å²) in [7, 11) is -4.09. The van der Waals surface area contributed by atoms with Crippen LogP contribution in [0.5, 0.6) is 0 Å². The van der Waals surface area contributed by atoms with Crippen molar-refractivity contribution >= 4 is 10.0 Å². The van der Waals surface area contributed by atoms with Gasteiger partial charge in [0.05, 0.1) is 0 Å². The average Bonchev–Trinajstić information content (AvgIpc) is 2.26. The third kappa shape index (κ3) is 3.44. The highest BCUT2D eigenvalue weighted by Crippen LogP contribution is 2.25. The van der Waals surface area contributed by atoms with E-state index < -0.39 is 51.4 Å². The van der Waals surface area contributed by atoms with Crippen LogP contribution in [0.1, 0.15) is 5.56 Å². The zero-order valence-corrected chi connectivity index (χ0v) is 11.0. The number of sulfonamides is 1. The van der Waals surface area contributed by atoms with Crippen molar-refractivity contribution in [2.75, 3.05) is 13.6 Å². The van der Waals surface area contributed by atoms with Gasteiger partial charge in [-0.1, -0.05) is 0 Å². The second kappa shape index (κ2) is 5.62. The van der Waals surface area contributed by atoms with Crippen LogP contribution in [0.2, 0.25) is 0 Å². The highest BCUT2D eigenvalue weighted by atomic mass is 32.2. The molecule has 0 saturated heterocycles. The summed E-state index contributed by atoms with van der Waals surface area (Å²) in [5, 5.41) is 0. The lowest BCUT2D eigenvalue weighted by Crippen LogP contribution is -2.36. The van der Waals surface area contributed by atoms with Gasteiger partial charge in [0, 0.05) is 19.2 Å². The van der Waals surface area contributed by atoms with Crippen molar-refractivity contribution in [1.82, 2.24) is 4.31 Å². The average molecular weight is 318 g/mol. The molecule has 10 heteroatoms. The normalized spacial score (nSPS) is 13.0. The molecule has 0 aromatic heterocycles. The van der Waals surface area contributed by atoms with Crippen molar-refractivity contribution in [1.29, 1.82) is 0 Å². The molecule has 0 amide bonds. The third-order valence-corrected chi connectivity index (χ3v) is 4.27. The van der Waals surface area contributed by atoms with Crippen molar-refractivity contribution in [3.8, 4) is 0 Å². The maximum atomic E-state index is 13.8. The number of hydrogen-bond acceptors (Lipinski definition) is 3. The molecular weight excluding hydrogens is 307 g/mol. The second-order valence-electron chi connectivity index (χ2n) is 3.92. The van der Waals surface area contributed by atoms with Crippen LogP contribution < -0.4 is 5.73 Å². The molecule has 1 aromatic rings. The summed E-state index contributed by atoms with van der Waals surface area (Å²) in [6, 6.07) is 1.20. The van der Waals surface area contributed by atoms with Gasteiger partial charge in [-0.15, -0.1) is 0 Å². The van der Waals surface area contributed by atoms with Gasteiger partial charge in [0.2, 0.25) is 10.0 Å². The van der Waals surface area contributed by atoms with Crippen molar-refractivity contribution in [3.63, 3.8) is 0 Å². The summed E-state index contributed by atoms with van der Waals surface area (Å²) in [6.07, 6.45) is -4.78. The molecule has 0 aliphatic carbocycles. The number of nitrogens with zero attached hydrogens (tertiary/aromatic N) is 1. The number of benzene rings is 1. The van der Waals surface area contributed by atoms with Gasteiger partial charge in [-0.3, -0.25) is 0 Å². The minimum atomic E-state index is -4.78. The lowest BCUT2D eigenvalue weighted by molar-refractivity contribution is -0.134. The Labute approximate surface area is 112 Å². The first-order valence-corrected chi connectivity index (χ1v) is 6.64. The highest BCUT2D eigenvalue weighted by Gasteiger charge is 2.36.